The molecule has 0 fully saturated rings. The van der Waals surface area contributed by atoms with E-state index in [-0.39, 0.29) is 9.62 Å². The molecule has 19 heavy (non-hydrogen) atoms. The highest BCUT2D eigenvalue weighted by Gasteiger charge is 2.17. The molecule has 2 rings (SSSR count). The van der Waals surface area contributed by atoms with Crippen LogP contribution in [0.5, 0.6) is 5.75 Å². The van der Waals surface area contributed by atoms with E-state index >= 15 is 0 Å². The van der Waals surface area contributed by atoms with Gasteiger partial charge in [0.1, 0.15) is 16.2 Å². The smallest absolute Gasteiger partial charge is 0.346 e. The maximum Gasteiger partial charge on any atom is 0.346 e. The minimum atomic E-state index is -1.09. The van der Waals surface area contributed by atoms with Gasteiger partial charge >= 0.3 is 5.97 Å². The highest BCUT2D eigenvalue weighted by atomic mass is 32.1. The topological polar surface area (TPSA) is 63.6 Å². The summed E-state index contributed by atoms with van der Waals surface area (Å²) in [6, 6.07) is 6.69. The van der Waals surface area contributed by atoms with Gasteiger partial charge < -0.3 is 9.84 Å². The zero-order chi connectivity index (χ0) is 14.2. The maximum atomic E-state index is 12.1. The Labute approximate surface area is 114 Å². The molecule has 1 N–H and O–H groups in total. The fourth-order valence-electron chi connectivity index (χ4n) is 1.73. The molecule has 0 bridgehead atoms. The van der Waals surface area contributed by atoms with Gasteiger partial charge in [0.15, 0.2) is 0 Å². The zero-order valence-electron chi connectivity index (χ0n) is 10.9. The number of carbonyl (C=O) groups is 1. The van der Waals surface area contributed by atoms with Crippen LogP contribution in [-0.4, -0.2) is 16.7 Å². The second-order valence-electron chi connectivity index (χ2n) is 5.14. The Kier molecular flexibility index (Phi) is 3.32. The first-order chi connectivity index (χ1) is 8.78. The fraction of sp³-hybridized carbons (Fsp3) is 0.286. The second kappa shape index (κ2) is 4.66. The summed E-state index contributed by atoms with van der Waals surface area (Å²) in [6.45, 7) is 5.68. The van der Waals surface area contributed by atoms with Crippen LogP contribution in [-0.2, 0) is 0 Å². The molecule has 1 aromatic heterocycles. The quantitative estimate of drug-likeness (QED) is 0.916. The number of fused-ring (bicyclic) bond motifs is 1. The van der Waals surface area contributed by atoms with Crippen molar-refractivity contribution in [2.75, 3.05) is 0 Å². The molecule has 4 nitrogen and oxygen atoms in total. The molecule has 0 radical (unpaired) electrons. The van der Waals surface area contributed by atoms with Crippen molar-refractivity contribution in [2.45, 2.75) is 26.4 Å². The van der Waals surface area contributed by atoms with Gasteiger partial charge in [-0.3, -0.25) is 4.79 Å². The van der Waals surface area contributed by atoms with E-state index in [4.69, 9.17) is 9.84 Å². The van der Waals surface area contributed by atoms with Gasteiger partial charge in [0, 0.05) is 0 Å². The fourth-order valence-corrected chi connectivity index (χ4v) is 2.52. The van der Waals surface area contributed by atoms with Crippen molar-refractivity contribution >= 4 is 28.1 Å². The molecule has 0 unspecified atom stereocenters. The Balaban J connectivity index is 2.70. The van der Waals surface area contributed by atoms with Crippen LogP contribution >= 0.6 is 11.3 Å². The summed E-state index contributed by atoms with van der Waals surface area (Å²) in [5, 5.41) is 9.99. The minimum absolute atomic E-state index is 0.0328. The van der Waals surface area contributed by atoms with Crippen LogP contribution in [0.25, 0.3) is 10.8 Å². The van der Waals surface area contributed by atoms with E-state index in [9.17, 15) is 9.59 Å². The first-order valence-electron chi connectivity index (χ1n) is 5.77. The predicted molar refractivity (Wildman–Crippen MR) is 75.4 cm³/mol. The number of rotatable bonds is 2. The summed E-state index contributed by atoms with van der Waals surface area (Å²) in [4.78, 5) is 23.1. The predicted octanol–water partition coefficient (Wildman–Crippen LogP) is 3.14. The molecule has 0 saturated carbocycles. The van der Waals surface area contributed by atoms with Gasteiger partial charge in [0.05, 0.1) is 5.39 Å². The number of hydrogen-bond acceptors (Lipinski definition) is 4. The van der Waals surface area contributed by atoms with E-state index in [0.29, 0.717) is 16.5 Å². The molecule has 2 aromatic rings. The molecular weight excluding hydrogens is 264 g/mol. The average molecular weight is 278 g/mol. The lowest BCUT2D eigenvalue weighted by molar-refractivity contribution is 0.0702. The van der Waals surface area contributed by atoms with E-state index in [1.807, 2.05) is 20.8 Å². The summed E-state index contributed by atoms with van der Waals surface area (Å²) in [5.41, 5.74) is -0.420. The lowest BCUT2D eigenvalue weighted by atomic mass is 10.1. The molecule has 1 heterocycles. The summed E-state index contributed by atoms with van der Waals surface area (Å²) < 4.78 is 5.46. The first-order valence-corrected chi connectivity index (χ1v) is 6.59. The molecule has 0 amide bonds. The maximum absolute atomic E-state index is 12.1. The van der Waals surface area contributed by atoms with Crippen LogP contribution in [0, 0.1) is 0 Å². The number of aromatic carboxylic acids is 1. The van der Waals surface area contributed by atoms with Crippen LogP contribution in [0.15, 0.2) is 29.1 Å². The van der Waals surface area contributed by atoms with E-state index < -0.39 is 11.6 Å². The van der Waals surface area contributed by atoms with Gasteiger partial charge in [0.25, 0.3) is 0 Å². The normalized spacial score (nSPS) is 11.5. The Morgan fingerprint density at radius 2 is 2.00 bits per heavy atom. The van der Waals surface area contributed by atoms with Gasteiger partial charge in [-0.05, 0) is 38.3 Å². The molecule has 100 valence electrons. The Bertz CT molecular complexity index is 695. The number of hydrogen-bond donors (Lipinski definition) is 1. The van der Waals surface area contributed by atoms with E-state index in [1.54, 1.807) is 18.2 Å². The lowest BCUT2D eigenvalue weighted by Crippen LogP contribution is -2.23. The average Bonchev–Trinajstić information content (AvgIpc) is 2.26. The van der Waals surface area contributed by atoms with E-state index in [2.05, 4.69) is 0 Å². The third kappa shape index (κ3) is 2.93. The number of carboxylic acids is 1. The van der Waals surface area contributed by atoms with Crippen molar-refractivity contribution in [1.82, 2.24) is 0 Å². The van der Waals surface area contributed by atoms with Crippen molar-refractivity contribution in [3.63, 3.8) is 0 Å². The molecular formula is C14H14O4S. The molecule has 0 spiro atoms. The summed E-state index contributed by atoms with van der Waals surface area (Å²) in [6.07, 6.45) is 0. The first kappa shape index (κ1) is 13.5. The molecule has 5 heteroatoms. The summed E-state index contributed by atoms with van der Waals surface area (Å²) in [5.74, 6) is -0.602. The number of ether oxygens (including phenoxy) is 1. The Hall–Kier alpha value is -1.88. The van der Waals surface area contributed by atoms with Gasteiger partial charge in [-0.2, -0.15) is 0 Å². The van der Waals surface area contributed by atoms with Gasteiger partial charge in [-0.25, -0.2) is 4.79 Å². The van der Waals surface area contributed by atoms with Gasteiger partial charge in [-0.15, -0.1) is 0 Å². The SMILES string of the molecule is CC(C)(C)Oc1cccc2cc(C(=O)O)sc(=O)c12. The summed E-state index contributed by atoms with van der Waals surface area (Å²) in [7, 11) is 0. The van der Waals surface area contributed by atoms with Crippen molar-refractivity contribution in [1.29, 1.82) is 0 Å². The highest BCUT2D eigenvalue weighted by molar-refractivity contribution is 7.11. The second-order valence-corrected chi connectivity index (χ2v) is 6.15. The van der Waals surface area contributed by atoms with Crippen LogP contribution in [0.3, 0.4) is 0 Å². The molecule has 0 atom stereocenters. The highest BCUT2D eigenvalue weighted by Crippen LogP contribution is 2.27. The van der Waals surface area contributed by atoms with Gasteiger partial charge in [0.2, 0.25) is 4.74 Å². The van der Waals surface area contributed by atoms with Crippen LogP contribution in [0.2, 0.25) is 0 Å². The van der Waals surface area contributed by atoms with Crippen LogP contribution < -0.4 is 9.48 Å². The van der Waals surface area contributed by atoms with Crippen LogP contribution in [0.1, 0.15) is 30.4 Å². The van der Waals surface area contributed by atoms with Crippen molar-refractivity contribution in [2.24, 2.45) is 0 Å². The van der Waals surface area contributed by atoms with Gasteiger partial charge in [-0.1, -0.05) is 23.5 Å². The molecule has 0 aliphatic heterocycles. The van der Waals surface area contributed by atoms with Crippen molar-refractivity contribution < 1.29 is 14.6 Å². The molecule has 0 saturated heterocycles. The molecule has 1 aromatic carbocycles. The number of benzene rings is 1. The summed E-state index contributed by atoms with van der Waals surface area (Å²) >= 11 is 0.720. The molecule has 0 aliphatic rings. The minimum Gasteiger partial charge on any atom is -0.487 e. The third-order valence-electron chi connectivity index (χ3n) is 2.38. The Morgan fingerprint density at radius 3 is 2.58 bits per heavy atom. The van der Waals surface area contributed by atoms with Crippen molar-refractivity contribution in [3.05, 3.63) is 38.7 Å². The number of carboxylic acid groups (broad SMARTS) is 1. The third-order valence-corrected chi connectivity index (χ3v) is 3.28. The zero-order valence-corrected chi connectivity index (χ0v) is 11.7. The van der Waals surface area contributed by atoms with E-state index in [1.165, 1.54) is 6.07 Å². The Morgan fingerprint density at radius 1 is 1.32 bits per heavy atom. The lowest BCUT2D eigenvalue weighted by Gasteiger charge is -2.22. The standard InChI is InChI=1S/C14H14O4S/c1-14(2,3)18-9-6-4-5-8-7-10(12(15)16)19-13(17)11(8)9/h4-7H,1-3H3,(H,15,16). The largest absolute Gasteiger partial charge is 0.487 e. The van der Waals surface area contributed by atoms with Crippen molar-refractivity contribution in [3.8, 4) is 5.75 Å². The molecule has 0 aliphatic carbocycles. The van der Waals surface area contributed by atoms with Crippen LogP contribution in [0.4, 0.5) is 0 Å². The van der Waals surface area contributed by atoms with E-state index in [0.717, 1.165) is 11.3 Å². The monoisotopic (exact) mass is 278 g/mol.